The van der Waals surface area contributed by atoms with Gasteiger partial charge in [-0.25, -0.2) is 0 Å². The fraction of sp³-hybridized carbons (Fsp3) is 0.552. The van der Waals surface area contributed by atoms with Crippen molar-refractivity contribution >= 4 is 5.91 Å². The highest BCUT2D eigenvalue weighted by Gasteiger charge is 2.29. The molecule has 0 atom stereocenters. The lowest BCUT2D eigenvalue weighted by atomic mass is 9.94. The molecule has 0 N–H and O–H groups in total. The van der Waals surface area contributed by atoms with Gasteiger partial charge in [-0.2, -0.15) is 0 Å². The summed E-state index contributed by atoms with van der Waals surface area (Å²) in [5.74, 6) is 2.18. The zero-order chi connectivity index (χ0) is 25.1. The Morgan fingerprint density at radius 2 is 1.53 bits per heavy atom. The number of hydrogen-bond donors (Lipinski definition) is 0. The van der Waals surface area contributed by atoms with E-state index < -0.39 is 0 Å². The van der Waals surface area contributed by atoms with Gasteiger partial charge in [-0.15, -0.1) is 0 Å². The Labute approximate surface area is 214 Å². The molecule has 3 aliphatic rings. The quantitative estimate of drug-likeness (QED) is 0.585. The summed E-state index contributed by atoms with van der Waals surface area (Å²) in [6.07, 6.45) is 6.34. The Bertz CT molecular complexity index is 1050. The molecule has 7 nitrogen and oxygen atoms in total. The van der Waals surface area contributed by atoms with E-state index in [4.69, 9.17) is 14.2 Å². The molecule has 2 fully saturated rings. The van der Waals surface area contributed by atoms with Crippen molar-refractivity contribution in [3.05, 3.63) is 41.5 Å². The molecule has 1 aliphatic carbocycles. The van der Waals surface area contributed by atoms with Crippen LogP contribution in [0.5, 0.6) is 17.2 Å². The standard InChI is InChI=1S/C29H39N3O4/c1-34-26-17-24(18-27(35-2)29(26)36-3)21-8-9-23-19-30(11-10-22(23)16-21)20-28(33)32-14-12-31(13-15-32)25-6-4-5-7-25/h8-9,16-18,25H,4-7,10-15,19-20H2,1-3H3. The van der Waals surface area contributed by atoms with E-state index in [1.807, 2.05) is 12.1 Å². The summed E-state index contributed by atoms with van der Waals surface area (Å²) in [6, 6.07) is 11.3. The van der Waals surface area contributed by atoms with E-state index in [-0.39, 0.29) is 5.91 Å². The van der Waals surface area contributed by atoms with Crippen LogP contribution in [-0.2, 0) is 17.8 Å². The molecule has 1 saturated heterocycles. The van der Waals surface area contributed by atoms with Crippen molar-refractivity contribution < 1.29 is 19.0 Å². The van der Waals surface area contributed by atoms with Gasteiger partial charge in [0.15, 0.2) is 11.5 Å². The highest BCUT2D eigenvalue weighted by Crippen LogP contribution is 2.41. The fourth-order valence-electron chi connectivity index (χ4n) is 6.07. The van der Waals surface area contributed by atoms with E-state index in [1.54, 1.807) is 21.3 Å². The lowest BCUT2D eigenvalue weighted by molar-refractivity contribution is -0.134. The van der Waals surface area contributed by atoms with Crippen LogP contribution < -0.4 is 14.2 Å². The lowest BCUT2D eigenvalue weighted by Gasteiger charge is -2.39. The van der Waals surface area contributed by atoms with Crippen LogP contribution in [0.25, 0.3) is 11.1 Å². The molecular weight excluding hydrogens is 454 g/mol. The van der Waals surface area contributed by atoms with Gasteiger partial charge in [0.05, 0.1) is 27.9 Å². The normalized spacial score (nSPS) is 19.2. The SMILES string of the molecule is COc1cc(-c2ccc3c(c2)CCN(CC(=O)N2CCN(C4CCCC4)CC2)C3)cc(OC)c1OC. The number of hydrogen-bond acceptors (Lipinski definition) is 6. The molecule has 1 amide bonds. The first kappa shape index (κ1) is 24.9. The molecule has 1 saturated carbocycles. The second-order valence-corrected chi connectivity index (χ2v) is 10.2. The molecule has 0 aromatic heterocycles. The third-order valence-corrected chi connectivity index (χ3v) is 8.16. The number of piperazine rings is 1. The maximum Gasteiger partial charge on any atom is 0.236 e. The molecule has 0 radical (unpaired) electrons. The third kappa shape index (κ3) is 5.18. The van der Waals surface area contributed by atoms with Crippen LogP contribution in [-0.4, -0.2) is 87.2 Å². The van der Waals surface area contributed by atoms with Crippen molar-refractivity contribution in [1.82, 2.24) is 14.7 Å². The lowest BCUT2D eigenvalue weighted by Crippen LogP contribution is -2.53. The van der Waals surface area contributed by atoms with E-state index in [2.05, 4.69) is 32.9 Å². The monoisotopic (exact) mass is 493 g/mol. The molecule has 0 bridgehead atoms. The number of fused-ring (bicyclic) bond motifs is 1. The van der Waals surface area contributed by atoms with Gasteiger partial charge in [-0.1, -0.05) is 31.0 Å². The van der Waals surface area contributed by atoms with Gasteiger partial charge in [0.2, 0.25) is 11.7 Å². The third-order valence-electron chi connectivity index (χ3n) is 8.16. The van der Waals surface area contributed by atoms with Crippen LogP contribution >= 0.6 is 0 Å². The van der Waals surface area contributed by atoms with Gasteiger partial charge < -0.3 is 19.1 Å². The maximum atomic E-state index is 13.1. The van der Waals surface area contributed by atoms with Crippen LogP contribution in [0.2, 0.25) is 0 Å². The van der Waals surface area contributed by atoms with Gasteiger partial charge in [-0.05, 0) is 53.6 Å². The zero-order valence-electron chi connectivity index (χ0n) is 21.9. The molecule has 2 heterocycles. The molecule has 7 heteroatoms. The van der Waals surface area contributed by atoms with Crippen LogP contribution in [0.4, 0.5) is 0 Å². The van der Waals surface area contributed by atoms with Gasteiger partial charge in [0.25, 0.3) is 0 Å². The number of benzene rings is 2. The smallest absolute Gasteiger partial charge is 0.236 e. The van der Waals surface area contributed by atoms with E-state index in [0.717, 1.165) is 62.9 Å². The number of carbonyl (C=O) groups excluding carboxylic acids is 1. The fourth-order valence-corrected chi connectivity index (χ4v) is 6.07. The van der Waals surface area contributed by atoms with Crippen molar-refractivity contribution in [2.75, 3.05) is 60.6 Å². The molecule has 0 spiro atoms. The van der Waals surface area contributed by atoms with Crippen LogP contribution in [0, 0.1) is 0 Å². The number of ether oxygens (including phenoxy) is 3. The molecule has 2 aliphatic heterocycles. The summed E-state index contributed by atoms with van der Waals surface area (Å²) < 4.78 is 16.5. The average molecular weight is 494 g/mol. The van der Waals surface area contributed by atoms with Gasteiger partial charge in [0, 0.05) is 45.3 Å². The zero-order valence-corrected chi connectivity index (χ0v) is 21.9. The number of rotatable bonds is 7. The summed E-state index contributed by atoms with van der Waals surface area (Å²) in [6.45, 7) is 6.04. The molecule has 2 aromatic carbocycles. The van der Waals surface area contributed by atoms with Crippen molar-refractivity contribution in [2.24, 2.45) is 0 Å². The highest BCUT2D eigenvalue weighted by atomic mass is 16.5. The number of methoxy groups -OCH3 is 3. The highest BCUT2D eigenvalue weighted by molar-refractivity contribution is 5.78. The number of amides is 1. The van der Waals surface area contributed by atoms with Gasteiger partial charge in [0.1, 0.15) is 0 Å². The second-order valence-electron chi connectivity index (χ2n) is 10.2. The Morgan fingerprint density at radius 3 is 2.17 bits per heavy atom. The predicted molar refractivity (Wildman–Crippen MR) is 141 cm³/mol. The molecule has 0 unspecified atom stereocenters. The Balaban J connectivity index is 1.21. The Morgan fingerprint density at radius 1 is 0.833 bits per heavy atom. The van der Waals surface area contributed by atoms with Crippen molar-refractivity contribution in [1.29, 1.82) is 0 Å². The summed E-state index contributed by atoms with van der Waals surface area (Å²) in [7, 11) is 4.89. The Kier molecular flexibility index (Phi) is 7.67. The van der Waals surface area contributed by atoms with Crippen LogP contribution in [0.15, 0.2) is 30.3 Å². The van der Waals surface area contributed by atoms with Crippen molar-refractivity contribution in [3.8, 4) is 28.4 Å². The number of carbonyl (C=O) groups is 1. The van der Waals surface area contributed by atoms with Gasteiger partial charge >= 0.3 is 0 Å². The van der Waals surface area contributed by atoms with E-state index in [0.29, 0.717) is 23.8 Å². The topological polar surface area (TPSA) is 54.5 Å². The molecule has 2 aromatic rings. The first-order chi connectivity index (χ1) is 17.6. The summed E-state index contributed by atoms with van der Waals surface area (Å²) in [4.78, 5) is 20.0. The van der Waals surface area contributed by atoms with E-state index >= 15 is 0 Å². The van der Waals surface area contributed by atoms with E-state index in [9.17, 15) is 4.79 Å². The van der Waals surface area contributed by atoms with Gasteiger partial charge in [-0.3, -0.25) is 14.6 Å². The minimum Gasteiger partial charge on any atom is -0.493 e. The molecule has 5 rings (SSSR count). The van der Waals surface area contributed by atoms with Crippen molar-refractivity contribution in [3.63, 3.8) is 0 Å². The number of nitrogens with zero attached hydrogens (tertiary/aromatic N) is 3. The van der Waals surface area contributed by atoms with Crippen molar-refractivity contribution in [2.45, 2.75) is 44.7 Å². The predicted octanol–water partition coefficient (Wildman–Crippen LogP) is 3.82. The molecular formula is C29H39N3O4. The maximum absolute atomic E-state index is 13.1. The first-order valence-corrected chi connectivity index (χ1v) is 13.3. The molecule has 194 valence electrons. The Hall–Kier alpha value is -2.77. The van der Waals surface area contributed by atoms with E-state index in [1.165, 1.54) is 36.8 Å². The van der Waals surface area contributed by atoms with Crippen LogP contribution in [0.3, 0.4) is 0 Å². The minimum absolute atomic E-state index is 0.276. The summed E-state index contributed by atoms with van der Waals surface area (Å²) >= 11 is 0. The second kappa shape index (κ2) is 11.1. The molecule has 36 heavy (non-hydrogen) atoms. The summed E-state index contributed by atoms with van der Waals surface area (Å²) in [5, 5.41) is 0. The first-order valence-electron chi connectivity index (χ1n) is 13.3. The minimum atomic E-state index is 0.276. The average Bonchev–Trinajstić information content (AvgIpc) is 3.47. The summed E-state index contributed by atoms with van der Waals surface area (Å²) in [5.41, 5.74) is 4.80. The largest absolute Gasteiger partial charge is 0.493 e. The van der Waals surface area contributed by atoms with Crippen LogP contribution in [0.1, 0.15) is 36.8 Å².